The summed E-state index contributed by atoms with van der Waals surface area (Å²) in [4.78, 5) is 2.52. The van der Waals surface area contributed by atoms with E-state index in [-0.39, 0.29) is 32.7 Å². The maximum absolute atomic E-state index is 2.52. The van der Waals surface area contributed by atoms with E-state index in [0.717, 1.165) is 0 Å². The molecule has 93 valence electrons. The van der Waals surface area contributed by atoms with Gasteiger partial charge in [0.2, 0.25) is 0 Å². The summed E-state index contributed by atoms with van der Waals surface area (Å²) in [5.74, 6) is 0. The molecule has 0 atom stereocenters. The molecule has 0 aliphatic rings. The molecule has 0 aliphatic heterocycles. The second kappa shape index (κ2) is 10.1. The van der Waals surface area contributed by atoms with Crippen LogP contribution in [0.5, 0.6) is 0 Å². The van der Waals surface area contributed by atoms with Gasteiger partial charge in [0.05, 0.1) is 0 Å². The van der Waals surface area contributed by atoms with Crippen molar-refractivity contribution in [1.29, 1.82) is 0 Å². The molecule has 0 saturated carbocycles. The van der Waals surface area contributed by atoms with Gasteiger partial charge in [-0.15, -0.1) is 0 Å². The summed E-state index contributed by atoms with van der Waals surface area (Å²) in [6.07, 6.45) is 5.12. The molecule has 0 spiro atoms. The second-order valence-corrected chi connectivity index (χ2v) is 4.53. The first-order valence-corrected chi connectivity index (χ1v) is 6.59. The van der Waals surface area contributed by atoms with Crippen LogP contribution in [0.4, 0.5) is 5.69 Å². The Hall–Kier alpha value is 0.124. The molecule has 1 nitrogen and oxygen atoms in total. The fourth-order valence-electron chi connectivity index (χ4n) is 1.82. The molecule has 2 heteroatoms. The molecule has 0 amide bonds. The summed E-state index contributed by atoms with van der Waals surface area (Å²) in [6, 6.07) is 8.92. The molecule has 1 aromatic rings. The van der Waals surface area contributed by atoms with E-state index in [2.05, 4.69) is 49.9 Å². The topological polar surface area (TPSA) is 3.24 Å². The van der Waals surface area contributed by atoms with Crippen LogP contribution >= 0.6 is 0 Å². The minimum absolute atomic E-state index is 0. The molecular weight excluding hydrogens is 283 g/mol. The number of benzene rings is 1. The van der Waals surface area contributed by atoms with Crippen molar-refractivity contribution in [2.45, 2.75) is 46.5 Å². The van der Waals surface area contributed by atoms with Crippen LogP contribution in [0.15, 0.2) is 24.3 Å². The van der Waals surface area contributed by atoms with Crippen LogP contribution in [0.25, 0.3) is 0 Å². The fourth-order valence-corrected chi connectivity index (χ4v) is 1.82. The Labute approximate surface area is 132 Å². The molecule has 0 saturated heterocycles. The van der Waals surface area contributed by atoms with Crippen LogP contribution in [-0.4, -0.2) is 13.1 Å². The number of rotatable bonds is 7. The van der Waals surface area contributed by atoms with Crippen LogP contribution in [0.1, 0.15) is 45.1 Å². The smallest absolute Gasteiger partial charge is 0.0366 e. The van der Waals surface area contributed by atoms with E-state index in [9.17, 15) is 0 Å². The zero-order valence-electron chi connectivity index (χ0n) is 11.6. The molecule has 0 aromatic heterocycles. The Bertz CT molecular complexity index is 273. The van der Waals surface area contributed by atoms with Crippen LogP contribution in [0.3, 0.4) is 0 Å². The quantitative estimate of drug-likeness (QED) is 0.721. The number of hydrogen-bond acceptors (Lipinski definition) is 1. The second-order valence-electron chi connectivity index (χ2n) is 4.53. The third-order valence-corrected chi connectivity index (χ3v) is 2.96. The van der Waals surface area contributed by atoms with Gasteiger partial charge in [0.25, 0.3) is 0 Å². The first-order valence-electron chi connectivity index (χ1n) is 6.59. The number of anilines is 1. The molecule has 1 radical (unpaired) electrons. The molecule has 1 rings (SSSR count). The molecule has 0 bridgehead atoms. The third-order valence-electron chi connectivity index (χ3n) is 2.96. The van der Waals surface area contributed by atoms with Crippen molar-refractivity contribution in [1.82, 2.24) is 0 Å². The minimum atomic E-state index is 0. The van der Waals surface area contributed by atoms with Gasteiger partial charge in [-0.2, -0.15) is 0 Å². The summed E-state index contributed by atoms with van der Waals surface area (Å²) in [6.45, 7) is 9.05. The van der Waals surface area contributed by atoms with Gasteiger partial charge in [0, 0.05) is 51.5 Å². The average Bonchev–Trinajstić information content (AvgIpc) is 2.31. The molecular formula is C15H25NY. The Kier molecular flexibility index (Phi) is 10.2. The molecule has 0 fully saturated rings. The van der Waals surface area contributed by atoms with Crippen molar-refractivity contribution in [2.75, 3.05) is 18.0 Å². The van der Waals surface area contributed by atoms with Gasteiger partial charge in [-0.25, -0.2) is 0 Å². The number of hydrogen-bond donors (Lipinski definition) is 0. The SMILES string of the molecule is CCCCN(CCCC)c1ccc(C)cc1.[Y]. The van der Waals surface area contributed by atoms with E-state index < -0.39 is 0 Å². The van der Waals surface area contributed by atoms with Gasteiger partial charge in [0.1, 0.15) is 0 Å². The van der Waals surface area contributed by atoms with Crippen molar-refractivity contribution in [3.05, 3.63) is 29.8 Å². The fraction of sp³-hybridized carbons (Fsp3) is 0.600. The van der Waals surface area contributed by atoms with Crippen molar-refractivity contribution in [2.24, 2.45) is 0 Å². The zero-order valence-corrected chi connectivity index (χ0v) is 14.4. The van der Waals surface area contributed by atoms with Crippen LogP contribution in [0.2, 0.25) is 0 Å². The standard InChI is InChI=1S/C15H25N.Y/c1-4-6-12-16(13-7-5-2)15-10-8-14(3)9-11-15;/h8-11H,4-7,12-13H2,1-3H3;. The normalized spacial score (nSPS) is 9.82. The zero-order chi connectivity index (χ0) is 11.8. The van der Waals surface area contributed by atoms with Gasteiger partial charge in [-0.1, -0.05) is 44.4 Å². The van der Waals surface area contributed by atoms with Crippen molar-refractivity contribution in [3.8, 4) is 0 Å². The van der Waals surface area contributed by atoms with Crippen LogP contribution < -0.4 is 4.90 Å². The number of nitrogens with zero attached hydrogens (tertiary/aromatic N) is 1. The molecule has 1 aromatic carbocycles. The van der Waals surface area contributed by atoms with E-state index in [0.29, 0.717) is 0 Å². The van der Waals surface area contributed by atoms with Gasteiger partial charge < -0.3 is 4.90 Å². The Morgan fingerprint density at radius 3 is 1.76 bits per heavy atom. The van der Waals surface area contributed by atoms with Gasteiger partial charge in [-0.3, -0.25) is 0 Å². The predicted molar refractivity (Wildman–Crippen MR) is 73.2 cm³/mol. The molecule has 0 heterocycles. The summed E-state index contributed by atoms with van der Waals surface area (Å²) >= 11 is 0. The van der Waals surface area contributed by atoms with Crippen LogP contribution in [0, 0.1) is 6.92 Å². The van der Waals surface area contributed by atoms with E-state index in [4.69, 9.17) is 0 Å². The van der Waals surface area contributed by atoms with Crippen molar-refractivity contribution < 1.29 is 32.7 Å². The molecule has 0 aliphatic carbocycles. The minimum Gasteiger partial charge on any atom is -0.372 e. The predicted octanol–water partition coefficient (Wildman–Crippen LogP) is 4.40. The molecule has 0 N–H and O–H groups in total. The third kappa shape index (κ3) is 6.57. The largest absolute Gasteiger partial charge is 0.372 e. The maximum atomic E-state index is 2.52. The van der Waals surface area contributed by atoms with E-state index in [1.165, 1.54) is 50.0 Å². The van der Waals surface area contributed by atoms with Crippen LogP contribution in [-0.2, 0) is 32.7 Å². The first kappa shape index (κ1) is 17.1. The summed E-state index contributed by atoms with van der Waals surface area (Å²) in [5.41, 5.74) is 2.72. The summed E-state index contributed by atoms with van der Waals surface area (Å²) in [5, 5.41) is 0. The van der Waals surface area contributed by atoms with Gasteiger partial charge in [-0.05, 0) is 31.9 Å². The first-order chi connectivity index (χ1) is 7.77. The number of aryl methyl sites for hydroxylation is 1. The van der Waals surface area contributed by atoms with Crippen molar-refractivity contribution >= 4 is 5.69 Å². The number of unbranched alkanes of at least 4 members (excludes halogenated alkanes) is 2. The monoisotopic (exact) mass is 308 g/mol. The maximum Gasteiger partial charge on any atom is 0.0366 e. The summed E-state index contributed by atoms with van der Waals surface area (Å²) in [7, 11) is 0. The summed E-state index contributed by atoms with van der Waals surface area (Å²) < 4.78 is 0. The van der Waals surface area contributed by atoms with Crippen molar-refractivity contribution in [3.63, 3.8) is 0 Å². The van der Waals surface area contributed by atoms with Gasteiger partial charge in [0.15, 0.2) is 0 Å². The van der Waals surface area contributed by atoms with E-state index in [1.807, 2.05) is 0 Å². The Morgan fingerprint density at radius 1 is 0.882 bits per heavy atom. The van der Waals surface area contributed by atoms with E-state index in [1.54, 1.807) is 0 Å². The van der Waals surface area contributed by atoms with Gasteiger partial charge >= 0.3 is 0 Å². The molecule has 17 heavy (non-hydrogen) atoms. The average molecular weight is 308 g/mol. The molecule has 0 unspecified atom stereocenters. The van der Waals surface area contributed by atoms with E-state index >= 15 is 0 Å². The Morgan fingerprint density at radius 2 is 1.35 bits per heavy atom. The Balaban J connectivity index is 0.00000256.